The fourth-order valence-electron chi connectivity index (χ4n) is 1.45. The van der Waals surface area contributed by atoms with Crippen LogP contribution in [0.1, 0.15) is 19.9 Å². The maximum absolute atomic E-state index is 13.2. The molecule has 0 saturated carbocycles. The summed E-state index contributed by atoms with van der Waals surface area (Å²) in [4.78, 5) is 4.15. The van der Waals surface area contributed by atoms with Crippen molar-refractivity contribution in [3.8, 4) is 0 Å². The van der Waals surface area contributed by atoms with Gasteiger partial charge in [0.25, 0.3) is 0 Å². The average Bonchev–Trinajstić information content (AvgIpc) is 2.55. The molecule has 0 atom stereocenters. The Hall–Kier alpha value is -1.09. The molecule has 2 nitrogen and oxygen atoms in total. The van der Waals surface area contributed by atoms with Crippen LogP contribution in [0.25, 0.3) is 11.0 Å². The van der Waals surface area contributed by atoms with Crippen molar-refractivity contribution in [2.75, 3.05) is 0 Å². The molecule has 0 fully saturated rings. The first-order chi connectivity index (χ1) is 6.61. The van der Waals surface area contributed by atoms with Gasteiger partial charge in [0.2, 0.25) is 0 Å². The molecule has 2 aromatic rings. The predicted octanol–water partition coefficient (Wildman–Crippen LogP) is 3.41. The third-order valence-electron chi connectivity index (χ3n) is 2.18. The number of fused-ring (bicyclic) bond motifs is 1. The average molecular weight is 213 g/mol. The van der Waals surface area contributed by atoms with Gasteiger partial charge in [0.15, 0.2) is 0 Å². The van der Waals surface area contributed by atoms with E-state index >= 15 is 0 Å². The normalized spacial score (nSPS) is 11.5. The fourth-order valence-corrected chi connectivity index (χ4v) is 1.71. The highest BCUT2D eigenvalue weighted by Crippen LogP contribution is 2.27. The molecule has 0 radical (unpaired) electrons. The largest absolute Gasteiger partial charge is 0.327 e. The van der Waals surface area contributed by atoms with Crippen LogP contribution >= 0.6 is 11.6 Å². The van der Waals surface area contributed by atoms with E-state index in [-0.39, 0.29) is 11.1 Å². The minimum Gasteiger partial charge on any atom is -0.327 e. The number of nitrogens with zero attached hydrogens (tertiary/aromatic N) is 2. The van der Waals surface area contributed by atoms with Crippen LogP contribution in [0, 0.1) is 5.82 Å². The first-order valence-corrected chi connectivity index (χ1v) is 4.79. The quantitative estimate of drug-likeness (QED) is 0.709. The van der Waals surface area contributed by atoms with E-state index in [4.69, 9.17) is 11.6 Å². The zero-order valence-electron chi connectivity index (χ0n) is 7.96. The van der Waals surface area contributed by atoms with Gasteiger partial charge in [0.1, 0.15) is 10.8 Å². The van der Waals surface area contributed by atoms with Gasteiger partial charge in [-0.25, -0.2) is 9.37 Å². The van der Waals surface area contributed by atoms with Crippen LogP contribution in [-0.2, 0) is 0 Å². The topological polar surface area (TPSA) is 17.8 Å². The SMILES string of the molecule is CC(C)n1cnc2ccc(F)c(Cl)c21. The van der Waals surface area contributed by atoms with E-state index in [2.05, 4.69) is 4.98 Å². The van der Waals surface area contributed by atoms with Crippen LogP contribution in [0.2, 0.25) is 5.02 Å². The van der Waals surface area contributed by atoms with E-state index in [1.165, 1.54) is 6.07 Å². The minimum absolute atomic E-state index is 0.147. The van der Waals surface area contributed by atoms with Gasteiger partial charge < -0.3 is 4.57 Å². The molecular weight excluding hydrogens is 203 g/mol. The monoisotopic (exact) mass is 212 g/mol. The Morgan fingerprint density at radius 1 is 1.43 bits per heavy atom. The summed E-state index contributed by atoms with van der Waals surface area (Å²) in [6, 6.07) is 3.19. The second-order valence-corrected chi connectivity index (χ2v) is 3.85. The van der Waals surface area contributed by atoms with Crippen LogP contribution in [-0.4, -0.2) is 9.55 Å². The van der Waals surface area contributed by atoms with Crippen LogP contribution in [0.5, 0.6) is 0 Å². The highest BCUT2D eigenvalue weighted by Gasteiger charge is 2.12. The summed E-state index contributed by atoms with van der Waals surface area (Å²) in [6.45, 7) is 4.00. The van der Waals surface area contributed by atoms with Crippen LogP contribution in [0.4, 0.5) is 4.39 Å². The van der Waals surface area contributed by atoms with Gasteiger partial charge in [-0.15, -0.1) is 0 Å². The number of halogens is 2. The van der Waals surface area contributed by atoms with E-state index in [1.54, 1.807) is 12.4 Å². The summed E-state index contributed by atoms with van der Waals surface area (Å²) in [5.74, 6) is -0.401. The summed E-state index contributed by atoms with van der Waals surface area (Å²) in [5, 5.41) is 0.147. The highest BCUT2D eigenvalue weighted by atomic mass is 35.5. The molecular formula is C10H10ClFN2. The lowest BCUT2D eigenvalue weighted by molar-refractivity contribution is 0.609. The van der Waals surface area contributed by atoms with Gasteiger partial charge >= 0.3 is 0 Å². The van der Waals surface area contributed by atoms with Gasteiger partial charge in [-0.3, -0.25) is 0 Å². The molecule has 74 valence electrons. The third kappa shape index (κ3) is 1.28. The molecule has 2 rings (SSSR count). The first-order valence-electron chi connectivity index (χ1n) is 4.42. The Morgan fingerprint density at radius 2 is 2.14 bits per heavy atom. The van der Waals surface area contributed by atoms with Crippen molar-refractivity contribution in [2.24, 2.45) is 0 Å². The molecule has 1 aromatic carbocycles. The molecule has 0 saturated heterocycles. The second-order valence-electron chi connectivity index (χ2n) is 3.47. The minimum atomic E-state index is -0.401. The summed E-state index contributed by atoms with van der Waals surface area (Å²) in [5.41, 5.74) is 1.40. The predicted molar refractivity (Wildman–Crippen MR) is 55.1 cm³/mol. The molecule has 1 heterocycles. The molecule has 0 N–H and O–H groups in total. The zero-order valence-corrected chi connectivity index (χ0v) is 8.72. The Labute approximate surface area is 86.3 Å². The Balaban J connectivity index is 2.82. The third-order valence-corrected chi connectivity index (χ3v) is 2.54. The molecule has 0 unspecified atom stereocenters. The van der Waals surface area contributed by atoms with Crippen molar-refractivity contribution in [1.82, 2.24) is 9.55 Å². The Morgan fingerprint density at radius 3 is 2.79 bits per heavy atom. The highest BCUT2D eigenvalue weighted by molar-refractivity contribution is 6.35. The lowest BCUT2D eigenvalue weighted by Gasteiger charge is -2.08. The standard InChI is InChI=1S/C10H10ClFN2/c1-6(2)14-5-13-8-4-3-7(12)9(11)10(8)14/h3-6H,1-2H3. The Kier molecular flexibility index (Phi) is 2.19. The van der Waals surface area contributed by atoms with E-state index in [0.29, 0.717) is 5.52 Å². The van der Waals surface area contributed by atoms with E-state index < -0.39 is 5.82 Å². The second kappa shape index (κ2) is 3.24. The summed E-state index contributed by atoms with van der Waals surface area (Å²) in [7, 11) is 0. The van der Waals surface area contributed by atoms with Gasteiger partial charge in [0, 0.05) is 6.04 Å². The summed E-state index contributed by atoms with van der Waals surface area (Å²) < 4.78 is 15.1. The fraction of sp³-hybridized carbons (Fsp3) is 0.300. The Bertz CT molecular complexity index is 476. The smallest absolute Gasteiger partial charge is 0.144 e. The van der Waals surface area contributed by atoms with Crippen molar-refractivity contribution < 1.29 is 4.39 Å². The van der Waals surface area contributed by atoms with Crippen molar-refractivity contribution in [1.29, 1.82) is 0 Å². The van der Waals surface area contributed by atoms with E-state index in [1.807, 2.05) is 18.4 Å². The molecule has 1 aromatic heterocycles. The van der Waals surface area contributed by atoms with Crippen molar-refractivity contribution >= 4 is 22.6 Å². The van der Waals surface area contributed by atoms with Crippen LogP contribution < -0.4 is 0 Å². The molecule has 0 bridgehead atoms. The number of hydrogen-bond acceptors (Lipinski definition) is 1. The first kappa shape index (κ1) is 9.46. The lowest BCUT2D eigenvalue weighted by atomic mass is 10.3. The molecule has 0 aliphatic carbocycles. The number of benzene rings is 1. The van der Waals surface area contributed by atoms with Crippen molar-refractivity contribution in [3.63, 3.8) is 0 Å². The van der Waals surface area contributed by atoms with E-state index in [0.717, 1.165) is 5.52 Å². The lowest BCUT2D eigenvalue weighted by Crippen LogP contribution is -1.99. The molecule has 14 heavy (non-hydrogen) atoms. The molecule has 0 aliphatic rings. The summed E-state index contributed by atoms with van der Waals surface area (Å²) >= 11 is 5.88. The van der Waals surface area contributed by atoms with Crippen molar-refractivity contribution in [2.45, 2.75) is 19.9 Å². The van der Waals surface area contributed by atoms with Gasteiger partial charge in [-0.2, -0.15) is 0 Å². The number of aromatic nitrogens is 2. The number of hydrogen-bond donors (Lipinski definition) is 0. The molecule has 4 heteroatoms. The summed E-state index contributed by atoms with van der Waals surface area (Å²) in [6.07, 6.45) is 1.68. The van der Waals surface area contributed by atoms with Crippen LogP contribution in [0.3, 0.4) is 0 Å². The zero-order chi connectivity index (χ0) is 10.3. The number of imidazole rings is 1. The molecule has 0 aliphatic heterocycles. The van der Waals surface area contributed by atoms with Crippen molar-refractivity contribution in [3.05, 3.63) is 29.3 Å². The maximum Gasteiger partial charge on any atom is 0.144 e. The number of rotatable bonds is 1. The molecule has 0 spiro atoms. The van der Waals surface area contributed by atoms with Gasteiger partial charge in [-0.05, 0) is 26.0 Å². The van der Waals surface area contributed by atoms with Crippen LogP contribution in [0.15, 0.2) is 18.5 Å². The van der Waals surface area contributed by atoms with Gasteiger partial charge in [0.05, 0.1) is 17.4 Å². The van der Waals surface area contributed by atoms with E-state index in [9.17, 15) is 4.39 Å². The van der Waals surface area contributed by atoms with Gasteiger partial charge in [-0.1, -0.05) is 11.6 Å². The maximum atomic E-state index is 13.2. The molecule has 0 amide bonds.